The normalized spacial score (nSPS) is 17.0. The maximum Gasteiger partial charge on any atom is 0.133 e. The smallest absolute Gasteiger partial charge is 0.133 e. The van der Waals surface area contributed by atoms with Gasteiger partial charge in [-0.25, -0.2) is 0 Å². The lowest BCUT2D eigenvalue weighted by molar-refractivity contribution is 0.554. The lowest BCUT2D eigenvalue weighted by Crippen LogP contribution is -1.76. The summed E-state index contributed by atoms with van der Waals surface area (Å²) in [5, 5.41) is 0. The minimum absolute atomic E-state index is 0.990. The van der Waals surface area contributed by atoms with E-state index in [9.17, 15) is 0 Å². The van der Waals surface area contributed by atoms with Crippen LogP contribution >= 0.6 is 0 Å². The van der Waals surface area contributed by atoms with Crippen LogP contribution in [0.3, 0.4) is 0 Å². The van der Waals surface area contributed by atoms with Crippen molar-refractivity contribution in [3.05, 3.63) is 41.4 Å². The van der Waals surface area contributed by atoms with E-state index in [0.717, 1.165) is 12.2 Å². The minimum Gasteiger partial charge on any atom is -0.464 e. The molecule has 1 aliphatic rings. The molecule has 0 saturated carbocycles. The molecular weight excluding hydrogens is 148 g/mol. The van der Waals surface area contributed by atoms with Crippen LogP contribution in [0.4, 0.5) is 0 Å². The van der Waals surface area contributed by atoms with E-state index in [1.807, 2.05) is 12.1 Å². The topological polar surface area (TPSA) is 13.1 Å². The molecule has 2 rings (SSSR count). The average Bonchev–Trinajstić information content (AvgIpc) is 2.58. The van der Waals surface area contributed by atoms with Gasteiger partial charge in [0.15, 0.2) is 0 Å². The van der Waals surface area contributed by atoms with E-state index in [4.69, 9.17) is 4.42 Å². The van der Waals surface area contributed by atoms with Crippen LogP contribution in [-0.4, -0.2) is 0 Å². The van der Waals surface area contributed by atoms with Gasteiger partial charge in [0, 0.05) is 5.57 Å². The molecular formula is C11H12O. The van der Waals surface area contributed by atoms with Gasteiger partial charge in [-0.2, -0.15) is 0 Å². The second-order valence-electron chi connectivity index (χ2n) is 3.34. The highest BCUT2D eigenvalue weighted by Crippen LogP contribution is 2.31. The summed E-state index contributed by atoms with van der Waals surface area (Å²) < 4.78 is 5.33. The van der Waals surface area contributed by atoms with Crippen molar-refractivity contribution in [1.29, 1.82) is 0 Å². The molecule has 12 heavy (non-hydrogen) atoms. The van der Waals surface area contributed by atoms with E-state index in [2.05, 4.69) is 19.9 Å². The van der Waals surface area contributed by atoms with E-state index in [-0.39, 0.29) is 0 Å². The van der Waals surface area contributed by atoms with E-state index in [1.54, 1.807) is 6.26 Å². The first-order valence-corrected chi connectivity index (χ1v) is 4.18. The molecule has 0 N–H and O–H groups in total. The Morgan fingerprint density at radius 1 is 1.33 bits per heavy atom. The standard InChI is InChI=1S/C11H12O/c1-8-6-9(2)10(7-8)11-4-3-5-12-11/h3-5,7H,6H2,1-2H3. The summed E-state index contributed by atoms with van der Waals surface area (Å²) in [6.45, 7) is 4.31. The fraction of sp³-hybridized carbons (Fsp3) is 0.273. The van der Waals surface area contributed by atoms with Gasteiger partial charge in [0.2, 0.25) is 0 Å². The minimum atomic E-state index is 0.990. The first kappa shape index (κ1) is 7.41. The number of allylic oxidation sites excluding steroid dienone is 4. The third-order valence-electron chi connectivity index (χ3n) is 2.18. The molecule has 0 atom stereocenters. The highest BCUT2D eigenvalue weighted by Gasteiger charge is 2.12. The third-order valence-corrected chi connectivity index (χ3v) is 2.18. The van der Waals surface area contributed by atoms with Crippen molar-refractivity contribution in [1.82, 2.24) is 0 Å². The lowest BCUT2D eigenvalue weighted by Gasteiger charge is -1.96. The number of furan rings is 1. The van der Waals surface area contributed by atoms with Crippen LogP contribution in [0.25, 0.3) is 5.57 Å². The van der Waals surface area contributed by atoms with Crippen LogP contribution in [-0.2, 0) is 0 Å². The van der Waals surface area contributed by atoms with Crippen molar-refractivity contribution in [3.63, 3.8) is 0 Å². The van der Waals surface area contributed by atoms with Gasteiger partial charge in [-0.3, -0.25) is 0 Å². The molecule has 1 aromatic rings. The highest BCUT2D eigenvalue weighted by atomic mass is 16.3. The van der Waals surface area contributed by atoms with Crippen LogP contribution in [0.2, 0.25) is 0 Å². The van der Waals surface area contributed by atoms with Gasteiger partial charge in [-0.1, -0.05) is 17.2 Å². The summed E-state index contributed by atoms with van der Waals surface area (Å²) in [5.41, 5.74) is 4.08. The Kier molecular flexibility index (Phi) is 1.65. The molecule has 0 aliphatic heterocycles. The summed E-state index contributed by atoms with van der Waals surface area (Å²) >= 11 is 0. The van der Waals surface area contributed by atoms with Gasteiger partial charge in [-0.15, -0.1) is 0 Å². The lowest BCUT2D eigenvalue weighted by atomic mass is 10.1. The number of rotatable bonds is 1. The molecule has 1 aliphatic carbocycles. The molecule has 0 amide bonds. The summed E-state index contributed by atoms with van der Waals surface area (Å²) in [6.07, 6.45) is 5.02. The maximum atomic E-state index is 5.33. The summed E-state index contributed by atoms with van der Waals surface area (Å²) in [7, 11) is 0. The van der Waals surface area contributed by atoms with E-state index in [0.29, 0.717) is 0 Å². The van der Waals surface area contributed by atoms with Gasteiger partial charge < -0.3 is 4.42 Å². The first-order chi connectivity index (χ1) is 5.77. The molecule has 0 radical (unpaired) electrons. The van der Waals surface area contributed by atoms with Crippen molar-refractivity contribution in [3.8, 4) is 0 Å². The summed E-state index contributed by atoms with van der Waals surface area (Å²) in [6, 6.07) is 3.94. The van der Waals surface area contributed by atoms with Gasteiger partial charge in [-0.05, 0) is 32.4 Å². The fourth-order valence-corrected chi connectivity index (χ4v) is 1.65. The second-order valence-corrected chi connectivity index (χ2v) is 3.34. The Balaban J connectivity index is 2.42. The Labute approximate surface area is 72.4 Å². The fourth-order valence-electron chi connectivity index (χ4n) is 1.65. The van der Waals surface area contributed by atoms with Crippen molar-refractivity contribution >= 4 is 5.57 Å². The maximum absolute atomic E-state index is 5.33. The van der Waals surface area contributed by atoms with Crippen LogP contribution in [0.1, 0.15) is 26.0 Å². The predicted molar refractivity (Wildman–Crippen MR) is 49.7 cm³/mol. The van der Waals surface area contributed by atoms with Gasteiger partial charge in [0.1, 0.15) is 5.76 Å². The van der Waals surface area contributed by atoms with Crippen molar-refractivity contribution < 1.29 is 4.42 Å². The molecule has 1 nitrogen and oxygen atoms in total. The van der Waals surface area contributed by atoms with Crippen molar-refractivity contribution in [2.45, 2.75) is 20.3 Å². The highest BCUT2D eigenvalue weighted by molar-refractivity contribution is 5.77. The van der Waals surface area contributed by atoms with Crippen LogP contribution in [0.15, 0.2) is 40.0 Å². The number of hydrogen-bond donors (Lipinski definition) is 0. The third kappa shape index (κ3) is 1.11. The predicted octanol–water partition coefficient (Wildman–Crippen LogP) is 3.40. The molecule has 0 saturated heterocycles. The largest absolute Gasteiger partial charge is 0.464 e. The average molecular weight is 160 g/mol. The monoisotopic (exact) mass is 160 g/mol. The Morgan fingerprint density at radius 3 is 2.67 bits per heavy atom. The Hall–Kier alpha value is -1.24. The van der Waals surface area contributed by atoms with Crippen molar-refractivity contribution in [2.24, 2.45) is 0 Å². The Morgan fingerprint density at radius 2 is 2.17 bits per heavy atom. The summed E-state index contributed by atoms with van der Waals surface area (Å²) in [5.74, 6) is 0.990. The molecule has 1 aromatic heterocycles. The molecule has 1 heterocycles. The van der Waals surface area contributed by atoms with E-state index < -0.39 is 0 Å². The van der Waals surface area contributed by atoms with Crippen LogP contribution < -0.4 is 0 Å². The zero-order chi connectivity index (χ0) is 8.55. The zero-order valence-electron chi connectivity index (χ0n) is 7.42. The Bertz CT molecular complexity index is 339. The molecule has 0 unspecified atom stereocenters. The molecule has 1 heteroatoms. The molecule has 0 fully saturated rings. The van der Waals surface area contributed by atoms with Crippen molar-refractivity contribution in [2.75, 3.05) is 0 Å². The zero-order valence-corrected chi connectivity index (χ0v) is 7.42. The molecule has 62 valence electrons. The van der Waals surface area contributed by atoms with E-state index in [1.165, 1.54) is 16.7 Å². The molecule has 0 aromatic carbocycles. The van der Waals surface area contributed by atoms with E-state index >= 15 is 0 Å². The molecule has 0 bridgehead atoms. The van der Waals surface area contributed by atoms with Crippen LogP contribution in [0, 0.1) is 0 Å². The summed E-state index contributed by atoms with van der Waals surface area (Å²) in [4.78, 5) is 0. The van der Waals surface area contributed by atoms with Gasteiger partial charge in [0.05, 0.1) is 6.26 Å². The number of hydrogen-bond acceptors (Lipinski definition) is 1. The first-order valence-electron chi connectivity index (χ1n) is 4.18. The van der Waals surface area contributed by atoms with Gasteiger partial charge in [0.25, 0.3) is 0 Å². The second kappa shape index (κ2) is 2.67. The van der Waals surface area contributed by atoms with Crippen LogP contribution in [0.5, 0.6) is 0 Å². The van der Waals surface area contributed by atoms with Gasteiger partial charge >= 0.3 is 0 Å². The quantitative estimate of drug-likeness (QED) is 0.613. The molecule has 0 spiro atoms. The SMILES string of the molecule is CC1=CC(c2ccco2)=C(C)C1.